The number of thiophene rings is 1. The van der Waals surface area contributed by atoms with Gasteiger partial charge in [0, 0.05) is 23.7 Å². The number of nitrogens with zero attached hydrogens (tertiary/aromatic N) is 3. The van der Waals surface area contributed by atoms with Crippen molar-refractivity contribution >= 4 is 27.4 Å². The topological polar surface area (TPSA) is 69.2 Å². The third-order valence-corrected chi connectivity index (χ3v) is 5.62. The molecule has 0 saturated carbocycles. The molecule has 6 nitrogen and oxygen atoms in total. The van der Waals surface area contributed by atoms with Crippen LogP contribution in [0.3, 0.4) is 0 Å². The maximum absolute atomic E-state index is 5.84. The number of fused-ring (bicyclic) bond motifs is 1. The molecular formula is C21H20N4O2S. The van der Waals surface area contributed by atoms with Crippen molar-refractivity contribution in [1.29, 1.82) is 0 Å². The molecular weight excluding hydrogens is 372 g/mol. The van der Waals surface area contributed by atoms with Crippen molar-refractivity contribution in [3.05, 3.63) is 64.9 Å². The van der Waals surface area contributed by atoms with E-state index in [1.807, 2.05) is 36.4 Å². The predicted octanol–water partition coefficient (Wildman–Crippen LogP) is 5.12. The van der Waals surface area contributed by atoms with E-state index in [2.05, 4.69) is 34.1 Å². The van der Waals surface area contributed by atoms with Crippen LogP contribution in [0.15, 0.2) is 48.9 Å². The highest BCUT2D eigenvalue weighted by Crippen LogP contribution is 2.32. The number of pyridine rings is 1. The highest BCUT2D eigenvalue weighted by Gasteiger charge is 2.11. The largest absolute Gasteiger partial charge is 0.497 e. The van der Waals surface area contributed by atoms with E-state index in [4.69, 9.17) is 9.47 Å². The first-order valence-corrected chi connectivity index (χ1v) is 9.67. The molecule has 0 saturated heterocycles. The first kappa shape index (κ1) is 18.2. The van der Waals surface area contributed by atoms with Gasteiger partial charge in [0.2, 0.25) is 5.88 Å². The number of ether oxygens (including phenoxy) is 2. The summed E-state index contributed by atoms with van der Waals surface area (Å²) in [6, 6.07) is 11.3. The lowest BCUT2D eigenvalue weighted by Gasteiger charge is -2.09. The van der Waals surface area contributed by atoms with Crippen molar-refractivity contribution in [3.8, 4) is 17.4 Å². The van der Waals surface area contributed by atoms with Gasteiger partial charge in [0.05, 0.1) is 12.5 Å². The van der Waals surface area contributed by atoms with E-state index in [-0.39, 0.29) is 0 Å². The molecule has 1 N–H and O–H groups in total. The number of aryl methyl sites for hydroxylation is 2. The normalized spacial score (nSPS) is 10.8. The van der Waals surface area contributed by atoms with Crippen LogP contribution in [0.5, 0.6) is 17.4 Å². The quantitative estimate of drug-likeness (QED) is 0.491. The van der Waals surface area contributed by atoms with Crippen LogP contribution in [-0.2, 0) is 6.54 Å². The van der Waals surface area contributed by atoms with E-state index >= 15 is 0 Å². The maximum atomic E-state index is 5.84. The highest BCUT2D eigenvalue weighted by atomic mass is 32.1. The minimum absolute atomic E-state index is 0.542. The van der Waals surface area contributed by atoms with E-state index in [0.717, 1.165) is 27.3 Å². The summed E-state index contributed by atoms with van der Waals surface area (Å²) in [7, 11) is 1.64. The molecule has 0 aliphatic heterocycles. The monoisotopic (exact) mass is 392 g/mol. The lowest BCUT2D eigenvalue weighted by Crippen LogP contribution is -2.03. The Bertz CT molecular complexity index is 1110. The molecule has 0 aliphatic carbocycles. The molecule has 142 valence electrons. The first-order chi connectivity index (χ1) is 13.6. The van der Waals surface area contributed by atoms with Gasteiger partial charge < -0.3 is 14.8 Å². The smallest absolute Gasteiger partial charge is 0.219 e. The Morgan fingerprint density at radius 3 is 2.57 bits per heavy atom. The Labute approximate surface area is 167 Å². The zero-order valence-electron chi connectivity index (χ0n) is 15.9. The minimum atomic E-state index is 0.542. The van der Waals surface area contributed by atoms with Crippen molar-refractivity contribution in [2.75, 3.05) is 12.4 Å². The fourth-order valence-corrected chi connectivity index (χ4v) is 3.88. The third-order valence-electron chi connectivity index (χ3n) is 4.51. The molecule has 7 heteroatoms. The number of anilines is 1. The van der Waals surface area contributed by atoms with E-state index in [0.29, 0.717) is 18.2 Å². The summed E-state index contributed by atoms with van der Waals surface area (Å²) in [5.41, 5.74) is 2.27. The lowest BCUT2D eigenvalue weighted by molar-refractivity contribution is 0.412. The molecule has 3 heterocycles. The summed E-state index contributed by atoms with van der Waals surface area (Å²) in [4.78, 5) is 15.4. The molecule has 0 radical (unpaired) electrons. The molecule has 0 atom stereocenters. The summed E-state index contributed by atoms with van der Waals surface area (Å²) in [5.74, 6) is 2.88. The summed E-state index contributed by atoms with van der Waals surface area (Å²) in [5, 5.41) is 4.51. The van der Waals surface area contributed by atoms with Crippen LogP contribution in [0.1, 0.15) is 16.0 Å². The first-order valence-electron chi connectivity index (χ1n) is 8.85. The van der Waals surface area contributed by atoms with E-state index in [1.54, 1.807) is 31.0 Å². The zero-order valence-corrected chi connectivity index (χ0v) is 16.7. The van der Waals surface area contributed by atoms with Gasteiger partial charge in [0.15, 0.2) is 0 Å². The lowest BCUT2D eigenvalue weighted by atomic mass is 10.2. The van der Waals surface area contributed by atoms with Gasteiger partial charge in [-0.05, 0) is 55.3 Å². The minimum Gasteiger partial charge on any atom is -0.497 e. The standard InChI is InChI=1S/C21H20N4O2S/c1-13-14(2)28-21-19(13)20(24-12-25-21)23-11-15-8-9-22-18(10-15)27-17-6-4-16(26-3)5-7-17/h4-10,12H,11H2,1-3H3,(H,23,24,25). The number of hydrogen-bond donors (Lipinski definition) is 1. The van der Waals surface area contributed by atoms with E-state index in [9.17, 15) is 0 Å². The average molecular weight is 392 g/mol. The molecule has 0 amide bonds. The van der Waals surface area contributed by atoms with Gasteiger partial charge in [-0.1, -0.05) is 0 Å². The van der Waals surface area contributed by atoms with Gasteiger partial charge in [-0.2, -0.15) is 0 Å². The fourth-order valence-electron chi connectivity index (χ4n) is 2.88. The molecule has 3 aromatic heterocycles. The molecule has 0 bridgehead atoms. The second kappa shape index (κ2) is 7.82. The van der Waals surface area contributed by atoms with Gasteiger partial charge in [0.1, 0.15) is 28.5 Å². The van der Waals surface area contributed by atoms with Crippen LogP contribution in [0.4, 0.5) is 5.82 Å². The van der Waals surface area contributed by atoms with Crippen LogP contribution in [0.2, 0.25) is 0 Å². The number of rotatable bonds is 6. The number of aromatic nitrogens is 3. The summed E-state index contributed by atoms with van der Waals surface area (Å²) < 4.78 is 11.0. The molecule has 0 aliphatic rings. The molecule has 0 unspecified atom stereocenters. The second-order valence-electron chi connectivity index (χ2n) is 6.32. The summed E-state index contributed by atoms with van der Waals surface area (Å²) >= 11 is 1.69. The van der Waals surface area contributed by atoms with E-state index in [1.165, 1.54) is 10.4 Å². The molecule has 0 fully saturated rings. The average Bonchev–Trinajstić information content (AvgIpc) is 3.02. The third kappa shape index (κ3) is 3.75. The van der Waals surface area contributed by atoms with Gasteiger partial charge >= 0.3 is 0 Å². The SMILES string of the molecule is COc1ccc(Oc2cc(CNc3ncnc4sc(C)c(C)c34)ccn2)cc1. The Hall–Kier alpha value is -3.19. The molecule has 4 rings (SSSR count). The molecule has 0 spiro atoms. The Balaban J connectivity index is 1.49. The Morgan fingerprint density at radius 2 is 1.79 bits per heavy atom. The van der Waals surface area contributed by atoms with Crippen molar-refractivity contribution in [3.63, 3.8) is 0 Å². The fraction of sp³-hybridized carbons (Fsp3) is 0.190. The van der Waals surface area contributed by atoms with Crippen LogP contribution in [0.25, 0.3) is 10.2 Å². The van der Waals surface area contributed by atoms with Crippen molar-refractivity contribution in [2.24, 2.45) is 0 Å². The maximum Gasteiger partial charge on any atom is 0.219 e. The summed E-state index contributed by atoms with van der Waals surface area (Å²) in [6.07, 6.45) is 3.34. The van der Waals surface area contributed by atoms with Gasteiger partial charge in [0.25, 0.3) is 0 Å². The van der Waals surface area contributed by atoms with Crippen molar-refractivity contribution in [1.82, 2.24) is 15.0 Å². The Morgan fingerprint density at radius 1 is 1.00 bits per heavy atom. The van der Waals surface area contributed by atoms with E-state index < -0.39 is 0 Å². The molecule has 28 heavy (non-hydrogen) atoms. The number of nitrogens with one attached hydrogen (secondary N) is 1. The van der Waals surface area contributed by atoms with Crippen molar-refractivity contribution in [2.45, 2.75) is 20.4 Å². The van der Waals surface area contributed by atoms with Gasteiger partial charge in [-0.25, -0.2) is 15.0 Å². The molecule has 1 aromatic carbocycles. The van der Waals surface area contributed by atoms with Crippen LogP contribution in [-0.4, -0.2) is 22.1 Å². The highest BCUT2D eigenvalue weighted by molar-refractivity contribution is 7.18. The van der Waals surface area contributed by atoms with Gasteiger partial charge in [-0.15, -0.1) is 11.3 Å². The number of benzene rings is 1. The number of methoxy groups -OCH3 is 1. The van der Waals surface area contributed by atoms with Gasteiger partial charge in [-0.3, -0.25) is 0 Å². The second-order valence-corrected chi connectivity index (χ2v) is 7.52. The Kier molecular flexibility index (Phi) is 5.08. The zero-order chi connectivity index (χ0) is 19.5. The molecule has 4 aromatic rings. The summed E-state index contributed by atoms with van der Waals surface area (Å²) in [6.45, 7) is 4.83. The van der Waals surface area contributed by atoms with Crippen LogP contribution in [0, 0.1) is 13.8 Å². The predicted molar refractivity (Wildman–Crippen MR) is 112 cm³/mol. The number of hydrogen-bond acceptors (Lipinski definition) is 7. The van der Waals surface area contributed by atoms with Crippen molar-refractivity contribution < 1.29 is 9.47 Å². The van der Waals surface area contributed by atoms with Crippen LogP contribution >= 0.6 is 11.3 Å². The van der Waals surface area contributed by atoms with Crippen LogP contribution < -0.4 is 14.8 Å².